The van der Waals surface area contributed by atoms with Crippen molar-refractivity contribution in [2.75, 3.05) is 18.4 Å². The molecule has 1 aliphatic rings. The van der Waals surface area contributed by atoms with Gasteiger partial charge in [0.2, 0.25) is 10.0 Å². The maximum Gasteiger partial charge on any atom is 0.260 e. The van der Waals surface area contributed by atoms with Crippen LogP contribution in [0.2, 0.25) is 0 Å². The summed E-state index contributed by atoms with van der Waals surface area (Å²) in [5.41, 5.74) is 2.68. The Morgan fingerprint density at radius 3 is 2.59 bits per heavy atom. The van der Waals surface area contributed by atoms with Crippen LogP contribution >= 0.6 is 11.3 Å². The molecule has 10 heteroatoms. The van der Waals surface area contributed by atoms with E-state index in [2.05, 4.69) is 15.4 Å². The zero-order valence-electron chi connectivity index (χ0n) is 17.4. The molecule has 8 nitrogen and oxygen atoms in total. The number of sulfonamides is 1. The lowest BCUT2D eigenvalue weighted by Crippen LogP contribution is -2.27. The van der Waals surface area contributed by atoms with Gasteiger partial charge >= 0.3 is 0 Å². The highest BCUT2D eigenvalue weighted by Gasteiger charge is 2.27. The molecule has 1 aliphatic heterocycles. The van der Waals surface area contributed by atoms with Crippen LogP contribution in [0.15, 0.2) is 59.6 Å². The molecular formula is C22H21N5O3S2. The van der Waals surface area contributed by atoms with Crippen molar-refractivity contribution < 1.29 is 13.2 Å². The summed E-state index contributed by atoms with van der Waals surface area (Å²) in [5.74, 6) is -0.311. The molecule has 1 amide bonds. The van der Waals surface area contributed by atoms with E-state index in [1.807, 2.05) is 37.3 Å². The van der Waals surface area contributed by atoms with E-state index >= 15 is 0 Å². The largest absolute Gasteiger partial charge is 0.298 e. The molecule has 0 bridgehead atoms. The molecule has 3 heterocycles. The van der Waals surface area contributed by atoms with Gasteiger partial charge in [-0.1, -0.05) is 29.5 Å². The highest BCUT2D eigenvalue weighted by Crippen LogP contribution is 2.30. The van der Waals surface area contributed by atoms with Crippen LogP contribution in [0.4, 0.5) is 5.13 Å². The lowest BCUT2D eigenvalue weighted by atomic mass is 10.2. The fraction of sp³-hybridized carbons (Fsp3) is 0.227. The van der Waals surface area contributed by atoms with Crippen molar-refractivity contribution in [3.05, 3.63) is 66.0 Å². The summed E-state index contributed by atoms with van der Waals surface area (Å²) in [6.45, 7) is 2.95. The van der Waals surface area contributed by atoms with Crippen molar-refractivity contribution in [1.82, 2.24) is 19.1 Å². The first-order valence-electron chi connectivity index (χ1n) is 10.3. The highest BCUT2D eigenvalue weighted by molar-refractivity contribution is 7.89. The zero-order chi connectivity index (χ0) is 22.3. The second kappa shape index (κ2) is 8.12. The van der Waals surface area contributed by atoms with Gasteiger partial charge in [0.1, 0.15) is 0 Å². The molecule has 0 unspecified atom stereocenters. The van der Waals surface area contributed by atoms with Gasteiger partial charge in [-0.2, -0.15) is 9.40 Å². The highest BCUT2D eigenvalue weighted by atomic mass is 32.2. The molecule has 1 fully saturated rings. The SMILES string of the molecule is Cc1c(C(=O)Nc2nc3ccc(S(=O)(=O)N4CCCC4)cc3s2)cnn1-c1ccccc1. The van der Waals surface area contributed by atoms with Crippen molar-refractivity contribution in [1.29, 1.82) is 0 Å². The molecule has 0 atom stereocenters. The van der Waals surface area contributed by atoms with Crippen molar-refractivity contribution in [2.45, 2.75) is 24.7 Å². The molecule has 1 saturated heterocycles. The van der Waals surface area contributed by atoms with Gasteiger partial charge in [-0.25, -0.2) is 18.1 Å². The molecule has 164 valence electrons. The van der Waals surface area contributed by atoms with Gasteiger partial charge in [-0.3, -0.25) is 10.1 Å². The van der Waals surface area contributed by atoms with Crippen LogP contribution in [-0.2, 0) is 10.0 Å². The van der Waals surface area contributed by atoms with Gasteiger partial charge in [-0.05, 0) is 50.1 Å². The van der Waals surface area contributed by atoms with Crippen LogP contribution in [0.25, 0.3) is 15.9 Å². The summed E-state index contributed by atoms with van der Waals surface area (Å²) in [6.07, 6.45) is 3.31. The van der Waals surface area contributed by atoms with Crippen LogP contribution in [0.1, 0.15) is 28.9 Å². The van der Waals surface area contributed by atoms with E-state index in [0.29, 0.717) is 39.7 Å². The molecule has 2 aromatic carbocycles. The van der Waals surface area contributed by atoms with Crippen LogP contribution in [0.5, 0.6) is 0 Å². The number of anilines is 1. The number of nitrogens with one attached hydrogen (secondary N) is 1. The van der Waals surface area contributed by atoms with Crippen molar-refractivity contribution in [3.63, 3.8) is 0 Å². The van der Waals surface area contributed by atoms with Crippen molar-refractivity contribution in [3.8, 4) is 5.69 Å². The van der Waals surface area contributed by atoms with Gasteiger partial charge in [0, 0.05) is 13.1 Å². The molecule has 4 aromatic rings. The molecule has 1 N–H and O–H groups in total. The van der Waals surface area contributed by atoms with Crippen LogP contribution in [-0.4, -0.2) is 46.5 Å². The molecule has 0 radical (unpaired) electrons. The third kappa shape index (κ3) is 3.70. The monoisotopic (exact) mass is 467 g/mol. The number of fused-ring (bicyclic) bond motifs is 1. The van der Waals surface area contributed by atoms with Gasteiger partial charge in [0.15, 0.2) is 5.13 Å². The summed E-state index contributed by atoms with van der Waals surface area (Å²) >= 11 is 1.25. The lowest BCUT2D eigenvalue weighted by Gasteiger charge is -2.15. The summed E-state index contributed by atoms with van der Waals surface area (Å²) in [4.78, 5) is 17.6. The van der Waals surface area contributed by atoms with Gasteiger partial charge in [0.25, 0.3) is 5.91 Å². The Morgan fingerprint density at radius 1 is 1.09 bits per heavy atom. The fourth-order valence-electron chi connectivity index (χ4n) is 3.82. The Morgan fingerprint density at radius 2 is 1.84 bits per heavy atom. The second-order valence-electron chi connectivity index (χ2n) is 7.60. The first-order chi connectivity index (χ1) is 15.4. The molecule has 32 heavy (non-hydrogen) atoms. The minimum Gasteiger partial charge on any atom is -0.298 e. The maximum atomic E-state index is 12.9. The van der Waals surface area contributed by atoms with Gasteiger partial charge in [0.05, 0.1) is 38.3 Å². The predicted molar refractivity (Wildman–Crippen MR) is 124 cm³/mol. The number of aromatic nitrogens is 3. The molecule has 2 aromatic heterocycles. The van der Waals surface area contributed by atoms with Gasteiger partial charge in [-0.15, -0.1) is 0 Å². The summed E-state index contributed by atoms with van der Waals surface area (Å²) in [7, 11) is -3.50. The number of hydrogen-bond acceptors (Lipinski definition) is 6. The molecule has 5 rings (SSSR count). The lowest BCUT2D eigenvalue weighted by molar-refractivity contribution is 0.102. The van der Waals surface area contributed by atoms with E-state index in [1.165, 1.54) is 21.8 Å². The standard InChI is InChI=1S/C22H21N5O3S2/c1-15-18(14-23-27(15)16-7-3-2-4-8-16)21(28)25-22-24-19-10-9-17(13-20(19)31-22)32(29,30)26-11-5-6-12-26/h2-4,7-10,13-14H,5-6,11-12H2,1H3,(H,24,25,28). The van der Waals surface area contributed by atoms with E-state index in [9.17, 15) is 13.2 Å². The number of rotatable bonds is 5. The Balaban J connectivity index is 1.39. The Labute approximate surface area is 189 Å². The molecular weight excluding hydrogens is 446 g/mol. The van der Waals surface area contributed by atoms with Crippen molar-refractivity contribution >= 4 is 42.6 Å². The van der Waals surface area contributed by atoms with E-state index in [1.54, 1.807) is 22.9 Å². The Bertz CT molecular complexity index is 1400. The first-order valence-corrected chi connectivity index (χ1v) is 12.5. The van der Waals surface area contributed by atoms with Crippen LogP contribution < -0.4 is 5.32 Å². The number of para-hydroxylation sites is 1. The summed E-state index contributed by atoms with van der Waals surface area (Å²) in [6, 6.07) is 14.5. The summed E-state index contributed by atoms with van der Waals surface area (Å²) < 4.78 is 29.6. The molecule has 0 saturated carbocycles. The van der Waals surface area contributed by atoms with Gasteiger partial charge < -0.3 is 0 Å². The molecule has 0 spiro atoms. The minimum atomic E-state index is -3.50. The number of carbonyl (C=O) groups excluding carboxylic acids is 1. The number of nitrogens with zero attached hydrogens (tertiary/aromatic N) is 4. The normalized spacial score (nSPS) is 14.8. The average Bonchev–Trinajstić information content (AvgIpc) is 3.53. The Kier molecular flexibility index (Phi) is 5.28. The predicted octanol–water partition coefficient (Wildman–Crippen LogP) is 3.83. The average molecular weight is 468 g/mol. The topological polar surface area (TPSA) is 97.2 Å². The third-order valence-corrected chi connectivity index (χ3v) is 8.37. The number of carbonyl (C=O) groups is 1. The van der Waals surface area contributed by atoms with Crippen molar-refractivity contribution in [2.24, 2.45) is 0 Å². The van der Waals surface area contributed by atoms with Crippen LogP contribution in [0, 0.1) is 6.92 Å². The second-order valence-corrected chi connectivity index (χ2v) is 10.6. The quantitative estimate of drug-likeness (QED) is 0.481. The zero-order valence-corrected chi connectivity index (χ0v) is 19.0. The Hall–Kier alpha value is -3.08. The number of thiazole rings is 1. The van der Waals surface area contributed by atoms with E-state index < -0.39 is 10.0 Å². The minimum absolute atomic E-state index is 0.258. The number of hydrogen-bond donors (Lipinski definition) is 1. The summed E-state index contributed by atoms with van der Waals surface area (Å²) in [5, 5.41) is 7.57. The number of benzene rings is 2. The maximum absolute atomic E-state index is 12.9. The third-order valence-electron chi connectivity index (χ3n) is 5.54. The molecule has 0 aliphatic carbocycles. The van der Waals surface area contributed by atoms with E-state index in [4.69, 9.17) is 0 Å². The van der Waals surface area contributed by atoms with E-state index in [-0.39, 0.29) is 10.8 Å². The fourth-order valence-corrected chi connectivity index (χ4v) is 6.34. The number of amides is 1. The smallest absolute Gasteiger partial charge is 0.260 e. The first kappa shape index (κ1) is 20.8. The van der Waals surface area contributed by atoms with Crippen LogP contribution in [0.3, 0.4) is 0 Å². The van der Waals surface area contributed by atoms with E-state index in [0.717, 1.165) is 18.5 Å².